The fourth-order valence-corrected chi connectivity index (χ4v) is 2.39. The standard InChI is InChI=1S/C18H17N3O5/c1-24-14-6-5-11(8-16(14)25-2)15-9-12(21-26-15)10-20-18(23)13-4-3-7-19-17(13)22/h3-9H,10H2,1-2H3,(H,19,22)(H,20,23). The first-order valence-corrected chi connectivity index (χ1v) is 7.76. The number of carbonyl (C=O) groups is 1. The highest BCUT2D eigenvalue weighted by atomic mass is 16.5. The Hall–Kier alpha value is -3.55. The molecule has 134 valence electrons. The third-order valence-electron chi connectivity index (χ3n) is 3.72. The summed E-state index contributed by atoms with van der Waals surface area (Å²) in [6, 6.07) is 10.1. The molecule has 0 aliphatic rings. The van der Waals surface area contributed by atoms with E-state index in [1.807, 2.05) is 6.07 Å². The Kier molecular flexibility index (Phi) is 5.02. The lowest BCUT2D eigenvalue weighted by Gasteiger charge is -2.07. The van der Waals surface area contributed by atoms with Gasteiger partial charge in [0.15, 0.2) is 17.3 Å². The number of methoxy groups -OCH3 is 2. The molecule has 0 bridgehead atoms. The second-order valence-corrected chi connectivity index (χ2v) is 5.35. The molecule has 0 spiro atoms. The van der Waals surface area contributed by atoms with Gasteiger partial charge in [-0.25, -0.2) is 0 Å². The molecular weight excluding hydrogens is 338 g/mol. The summed E-state index contributed by atoms with van der Waals surface area (Å²) in [6.45, 7) is 0.129. The van der Waals surface area contributed by atoms with Crippen molar-refractivity contribution < 1.29 is 18.8 Å². The molecular formula is C18H17N3O5. The zero-order valence-corrected chi connectivity index (χ0v) is 14.2. The number of aromatic nitrogens is 2. The Balaban J connectivity index is 1.71. The molecule has 0 aliphatic carbocycles. The van der Waals surface area contributed by atoms with Crippen LogP contribution in [0.4, 0.5) is 0 Å². The van der Waals surface area contributed by atoms with E-state index >= 15 is 0 Å². The van der Waals surface area contributed by atoms with Crippen molar-refractivity contribution in [2.24, 2.45) is 0 Å². The molecule has 3 rings (SSSR count). The molecule has 8 nitrogen and oxygen atoms in total. The van der Waals surface area contributed by atoms with E-state index < -0.39 is 11.5 Å². The van der Waals surface area contributed by atoms with E-state index in [0.717, 1.165) is 5.56 Å². The van der Waals surface area contributed by atoms with E-state index in [1.54, 1.807) is 38.5 Å². The van der Waals surface area contributed by atoms with Crippen LogP contribution in [0.5, 0.6) is 11.5 Å². The highest BCUT2D eigenvalue weighted by Crippen LogP contribution is 2.32. The zero-order valence-electron chi connectivity index (χ0n) is 14.2. The predicted molar refractivity (Wildman–Crippen MR) is 93.3 cm³/mol. The zero-order chi connectivity index (χ0) is 18.5. The Morgan fingerprint density at radius 1 is 1.19 bits per heavy atom. The maximum Gasteiger partial charge on any atom is 0.260 e. The van der Waals surface area contributed by atoms with E-state index in [4.69, 9.17) is 14.0 Å². The summed E-state index contributed by atoms with van der Waals surface area (Å²) >= 11 is 0. The van der Waals surface area contributed by atoms with Gasteiger partial charge >= 0.3 is 0 Å². The average molecular weight is 355 g/mol. The third-order valence-corrected chi connectivity index (χ3v) is 3.72. The molecule has 0 saturated heterocycles. The number of hydrogen-bond acceptors (Lipinski definition) is 6. The summed E-state index contributed by atoms with van der Waals surface area (Å²) in [5.74, 6) is 1.21. The van der Waals surface area contributed by atoms with Gasteiger partial charge in [0.2, 0.25) is 0 Å². The third kappa shape index (κ3) is 3.59. The summed E-state index contributed by atoms with van der Waals surface area (Å²) in [6.07, 6.45) is 1.46. The summed E-state index contributed by atoms with van der Waals surface area (Å²) in [5, 5.41) is 6.57. The molecule has 2 N–H and O–H groups in total. The number of aromatic amines is 1. The average Bonchev–Trinajstić information content (AvgIpc) is 3.15. The van der Waals surface area contributed by atoms with Gasteiger partial charge in [0.1, 0.15) is 11.3 Å². The van der Waals surface area contributed by atoms with Crippen LogP contribution in [-0.2, 0) is 6.54 Å². The summed E-state index contributed by atoms with van der Waals surface area (Å²) in [7, 11) is 3.11. The van der Waals surface area contributed by atoms with Crippen LogP contribution in [0.25, 0.3) is 11.3 Å². The molecule has 0 radical (unpaired) electrons. The smallest absolute Gasteiger partial charge is 0.260 e. The van der Waals surface area contributed by atoms with Crippen molar-refractivity contribution in [3.8, 4) is 22.8 Å². The van der Waals surface area contributed by atoms with Gasteiger partial charge in [0.25, 0.3) is 11.5 Å². The van der Waals surface area contributed by atoms with Crippen LogP contribution in [-0.4, -0.2) is 30.3 Å². The topological polar surface area (TPSA) is 106 Å². The van der Waals surface area contributed by atoms with Crippen LogP contribution < -0.4 is 20.3 Å². The maximum absolute atomic E-state index is 12.0. The Morgan fingerprint density at radius 3 is 2.73 bits per heavy atom. The number of ether oxygens (including phenoxy) is 2. The van der Waals surface area contributed by atoms with Crippen molar-refractivity contribution in [3.63, 3.8) is 0 Å². The Morgan fingerprint density at radius 2 is 2.00 bits per heavy atom. The second kappa shape index (κ2) is 7.56. The van der Waals surface area contributed by atoms with Gasteiger partial charge in [-0.05, 0) is 30.3 Å². The Bertz CT molecular complexity index is 977. The molecule has 1 aromatic carbocycles. The first-order chi connectivity index (χ1) is 12.6. The lowest BCUT2D eigenvalue weighted by Crippen LogP contribution is -2.28. The van der Waals surface area contributed by atoms with Crippen LogP contribution in [0.15, 0.2) is 51.9 Å². The van der Waals surface area contributed by atoms with Gasteiger partial charge < -0.3 is 24.3 Å². The largest absolute Gasteiger partial charge is 0.493 e. The van der Waals surface area contributed by atoms with Gasteiger partial charge in [-0.1, -0.05) is 5.16 Å². The molecule has 0 aliphatic heterocycles. The molecule has 0 saturated carbocycles. The second-order valence-electron chi connectivity index (χ2n) is 5.35. The van der Waals surface area contributed by atoms with Crippen LogP contribution >= 0.6 is 0 Å². The predicted octanol–water partition coefficient (Wildman–Crippen LogP) is 1.98. The number of amides is 1. The van der Waals surface area contributed by atoms with E-state index in [0.29, 0.717) is 23.0 Å². The van der Waals surface area contributed by atoms with E-state index in [1.165, 1.54) is 12.3 Å². The van der Waals surface area contributed by atoms with Crippen molar-refractivity contribution in [1.29, 1.82) is 0 Å². The summed E-state index contributed by atoms with van der Waals surface area (Å²) in [5.41, 5.74) is 0.870. The number of benzene rings is 1. The lowest BCUT2D eigenvalue weighted by molar-refractivity contribution is 0.0948. The fourth-order valence-electron chi connectivity index (χ4n) is 2.39. The minimum Gasteiger partial charge on any atom is -0.493 e. The minimum absolute atomic E-state index is 0.0381. The molecule has 8 heteroatoms. The normalized spacial score (nSPS) is 10.4. The number of carbonyl (C=O) groups excluding carboxylic acids is 1. The molecule has 0 unspecified atom stereocenters. The van der Waals surface area contributed by atoms with Crippen LogP contribution in [0.2, 0.25) is 0 Å². The molecule has 0 atom stereocenters. The maximum atomic E-state index is 12.0. The van der Waals surface area contributed by atoms with Crippen molar-refractivity contribution in [2.75, 3.05) is 14.2 Å². The van der Waals surface area contributed by atoms with E-state index in [9.17, 15) is 9.59 Å². The van der Waals surface area contributed by atoms with Crippen molar-refractivity contribution in [1.82, 2.24) is 15.5 Å². The molecule has 0 fully saturated rings. The summed E-state index contributed by atoms with van der Waals surface area (Å²) in [4.78, 5) is 26.1. The number of nitrogens with one attached hydrogen (secondary N) is 2. The monoisotopic (exact) mass is 355 g/mol. The highest BCUT2D eigenvalue weighted by molar-refractivity contribution is 5.93. The van der Waals surface area contributed by atoms with Crippen molar-refractivity contribution >= 4 is 5.91 Å². The first kappa shape index (κ1) is 17.3. The summed E-state index contributed by atoms with van der Waals surface area (Å²) < 4.78 is 15.8. The minimum atomic E-state index is -0.484. The molecule has 2 aromatic heterocycles. The molecule has 1 amide bonds. The Labute approximate surface area is 148 Å². The lowest BCUT2D eigenvalue weighted by atomic mass is 10.1. The highest BCUT2D eigenvalue weighted by Gasteiger charge is 2.13. The van der Waals surface area contributed by atoms with Gasteiger partial charge in [0, 0.05) is 17.8 Å². The van der Waals surface area contributed by atoms with Gasteiger partial charge in [0.05, 0.1) is 20.8 Å². The SMILES string of the molecule is COc1ccc(-c2cc(CNC(=O)c3ccc[nH]c3=O)no2)cc1OC. The van der Waals surface area contributed by atoms with Gasteiger partial charge in [-0.3, -0.25) is 9.59 Å². The van der Waals surface area contributed by atoms with Crippen LogP contribution in [0.1, 0.15) is 16.1 Å². The number of rotatable bonds is 6. The van der Waals surface area contributed by atoms with Crippen LogP contribution in [0.3, 0.4) is 0 Å². The fraction of sp³-hybridized carbons (Fsp3) is 0.167. The van der Waals surface area contributed by atoms with Crippen molar-refractivity contribution in [2.45, 2.75) is 6.54 Å². The quantitative estimate of drug-likeness (QED) is 0.700. The number of hydrogen-bond donors (Lipinski definition) is 2. The van der Waals surface area contributed by atoms with Crippen molar-refractivity contribution in [3.05, 3.63) is 64.2 Å². The van der Waals surface area contributed by atoms with E-state index in [-0.39, 0.29) is 12.1 Å². The van der Waals surface area contributed by atoms with E-state index in [2.05, 4.69) is 15.5 Å². The van der Waals surface area contributed by atoms with Gasteiger partial charge in [-0.2, -0.15) is 0 Å². The number of nitrogens with zero attached hydrogens (tertiary/aromatic N) is 1. The number of H-pyrrole nitrogens is 1. The van der Waals surface area contributed by atoms with Gasteiger partial charge in [-0.15, -0.1) is 0 Å². The molecule has 2 heterocycles. The molecule has 3 aromatic rings. The molecule has 26 heavy (non-hydrogen) atoms. The van der Waals surface area contributed by atoms with Crippen LogP contribution in [0, 0.1) is 0 Å². The number of pyridine rings is 1. The first-order valence-electron chi connectivity index (χ1n) is 7.76.